The Balaban J connectivity index is 1.56. The molecule has 1 amide bonds. The fourth-order valence-corrected chi connectivity index (χ4v) is 3.13. The minimum absolute atomic E-state index is 0.126. The molecule has 1 N–H and O–H groups in total. The van der Waals surface area contributed by atoms with E-state index < -0.39 is 0 Å². The summed E-state index contributed by atoms with van der Waals surface area (Å²) in [5, 5.41) is 10.6. The van der Waals surface area contributed by atoms with Gasteiger partial charge in [0.25, 0.3) is 0 Å². The number of thioether (sulfide) groups is 1. The van der Waals surface area contributed by atoms with Crippen LogP contribution in [0.25, 0.3) is 11.5 Å². The molecular weight excluding hydrogens is 334 g/mol. The van der Waals surface area contributed by atoms with Crippen LogP contribution >= 0.6 is 11.8 Å². The van der Waals surface area contributed by atoms with Crippen molar-refractivity contribution in [3.05, 3.63) is 65.2 Å². The molecule has 25 heavy (non-hydrogen) atoms. The third kappa shape index (κ3) is 4.70. The maximum Gasteiger partial charge on any atom is 0.322 e. The van der Waals surface area contributed by atoms with Crippen LogP contribution in [0.3, 0.4) is 0 Å². The maximum absolute atomic E-state index is 12.0. The number of aryl methyl sites for hydroxylation is 2. The molecule has 0 bridgehead atoms. The average Bonchev–Trinajstić information content (AvgIpc) is 3.06. The summed E-state index contributed by atoms with van der Waals surface area (Å²) in [6.45, 7) is 3.99. The molecule has 0 saturated heterocycles. The number of carbonyl (C=O) groups excluding carboxylic acids is 1. The van der Waals surface area contributed by atoms with Gasteiger partial charge in [0, 0.05) is 11.3 Å². The smallest absolute Gasteiger partial charge is 0.322 e. The number of benzene rings is 2. The summed E-state index contributed by atoms with van der Waals surface area (Å²) in [5.74, 6) is 1.37. The molecule has 2 aromatic carbocycles. The Morgan fingerprint density at radius 1 is 1.12 bits per heavy atom. The zero-order valence-electron chi connectivity index (χ0n) is 14.2. The molecular formula is C19H19N3O2S. The molecule has 0 fully saturated rings. The maximum atomic E-state index is 12.0. The summed E-state index contributed by atoms with van der Waals surface area (Å²) in [7, 11) is 0. The standard InChI is InChI=1S/C19H19N3O2S/c1-13-8-9-14(2)16(10-13)18-21-22-19(24-18)20-17(23)12-25-11-15-6-4-3-5-7-15/h3-10H,11-12H2,1-2H3,(H,20,22,23). The Morgan fingerprint density at radius 3 is 2.72 bits per heavy atom. The SMILES string of the molecule is Cc1ccc(C)c(-c2nnc(NC(=O)CSCc3ccccc3)o2)c1. The largest absolute Gasteiger partial charge is 0.403 e. The van der Waals surface area contributed by atoms with Crippen LogP contribution in [0.5, 0.6) is 0 Å². The number of hydrogen-bond acceptors (Lipinski definition) is 5. The Bertz CT molecular complexity index is 862. The van der Waals surface area contributed by atoms with E-state index in [1.54, 1.807) is 0 Å². The van der Waals surface area contributed by atoms with E-state index in [2.05, 4.69) is 15.5 Å². The first-order chi connectivity index (χ1) is 12.1. The number of carbonyl (C=O) groups is 1. The van der Waals surface area contributed by atoms with Crippen molar-refractivity contribution in [3.63, 3.8) is 0 Å². The Hall–Kier alpha value is -2.60. The number of amides is 1. The van der Waals surface area contributed by atoms with Gasteiger partial charge < -0.3 is 4.42 Å². The fourth-order valence-electron chi connectivity index (χ4n) is 2.34. The fraction of sp³-hybridized carbons (Fsp3) is 0.211. The first-order valence-corrected chi connectivity index (χ1v) is 9.10. The molecule has 3 rings (SSSR count). The zero-order chi connectivity index (χ0) is 17.6. The minimum atomic E-state index is -0.155. The highest BCUT2D eigenvalue weighted by molar-refractivity contribution is 7.99. The Labute approximate surface area is 150 Å². The summed E-state index contributed by atoms with van der Waals surface area (Å²) >= 11 is 1.54. The van der Waals surface area contributed by atoms with Gasteiger partial charge in [-0.15, -0.1) is 16.9 Å². The molecule has 1 aromatic heterocycles. The van der Waals surface area contributed by atoms with Gasteiger partial charge in [0.2, 0.25) is 11.8 Å². The van der Waals surface area contributed by atoms with E-state index in [0.717, 1.165) is 22.4 Å². The average molecular weight is 353 g/mol. The van der Waals surface area contributed by atoms with Crippen LogP contribution in [-0.2, 0) is 10.5 Å². The molecule has 0 aliphatic rings. The molecule has 128 valence electrons. The van der Waals surface area contributed by atoms with Crippen LogP contribution in [-0.4, -0.2) is 21.9 Å². The number of hydrogen-bond donors (Lipinski definition) is 1. The van der Waals surface area contributed by atoms with Gasteiger partial charge in [-0.1, -0.05) is 53.1 Å². The minimum Gasteiger partial charge on any atom is -0.403 e. The number of nitrogens with zero attached hydrogens (tertiary/aromatic N) is 2. The lowest BCUT2D eigenvalue weighted by Crippen LogP contribution is -2.14. The monoisotopic (exact) mass is 353 g/mol. The van der Waals surface area contributed by atoms with Crippen molar-refractivity contribution in [2.45, 2.75) is 19.6 Å². The molecule has 6 heteroatoms. The summed E-state index contributed by atoms with van der Waals surface area (Å²) < 4.78 is 5.58. The van der Waals surface area contributed by atoms with E-state index in [1.807, 2.05) is 62.4 Å². The zero-order valence-corrected chi connectivity index (χ0v) is 15.0. The van der Waals surface area contributed by atoms with Gasteiger partial charge in [0.1, 0.15) is 0 Å². The molecule has 0 saturated carbocycles. The van der Waals surface area contributed by atoms with E-state index in [-0.39, 0.29) is 11.9 Å². The quantitative estimate of drug-likeness (QED) is 0.718. The van der Waals surface area contributed by atoms with Crippen molar-refractivity contribution in [1.82, 2.24) is 10.2 Å². The first kappa shape index (κ1) is 17.2. The lowest BCUT2D eigenvalue weighted by Gasteiger charge is -2.03. The van der Waals surface area contributed by atoms with Crippen LogP contribution in [0.1, 0.15) is 16.7 Å². The van der Waals surface area contributed by atoms with Crippen LogP contribution in [0, 0.1) is 13.8 Å². The highest BCUT2D eigenvalue weighted by Crippen LogP contribution is 2.24. The predicted molar refractivity (Wildman–Crippen MR) is 100 cm³/mol. The van der Waals surface area contributed by atoms with Crippen molar-refractivity contribution in [2.75, 3.05) is 11.1 Å². The van der Waals surface area contributed by atoms with E-state index in [0.29, 0.717) is 11.6 Å². The lowest BCUT2D eigenvalue weighted by molar-refractivity contribution is -0.113. The van der Waals surface area contributed by atoms with Crippen molar-refractivity contribution in [1.29, 1.82) is 0 Å². The third-order valence-electron chi connectivity index (χ3n) is 3.64. The Morgan fingerprint density at radius 2 is 1.92 bits per heavy atom. The molecule has 0 unspecified atom stereocenters. The van der Waals surface area contributed by atoms with Gasteiger partial charge in [-0.3, -0.25) is 10.1 Å². The number of nitrogens with one attached hydrogen (secondary N) is 1. The van der Waals surface area contributed by atoms with Crippen molar-refractivity contribution in [3.8, 4) is 11.5 Å². The van der Waals surface area contributed by atoms with Gasteiger partial charge in [-0.05, 0) is 31.0 Å². The molecule has 0 radical (unpaired) electrons. The first-order valence-electron chi connectivity index (χ1n) is 7.94. The van der Waals surface area contributed by atoms with Crippen LogP contribution in [0.15, 0.2) is 52.9 Å². The highest BCUT2D eigenvalue weighted by Gasteiger charge is 2.13. The van der Waals surface area contributed by atoms with Crippen LogP contribution < -0.4 is 5.32 Å². The van der Waals surface area contributed by atoms with Crippen molar-refractivity contribution >= 4 is 23.7 Å². The second-order valence-electron chi connectivity index (χ2n) is 5.76. The topological polar surface area (TPSA) is 68.0 Å². The second-order valence-corrected chi connectivity index (χ2v) is 6.74. The Kier molecular flexibility index (Phi) is 5.50. The number of anilines is 1. The lowest BCUT2D eigenvalue weighted by atomic mass is 10.1. The van der Waals surface area contributed by atoms with Crippen LogP contribution in [0.4, 0.5) is 6.01 Å². The molecule has 0 aliphatic carbocycles. The molecule has 5 nitrogen and oxygen atoms in total. The van der Waals surface area contributed by atoms with Gasteiger partial charge in [0.05, 0.1) is 5.75 Å². The second kappa shape index (κ2) is 7.98. The van der Waals surface area contributed by atoms with E-state index in [9.17, 15) is 4.79 Å². The van der Waals surface area contributed by atoms with Gasteiger partial charge in [-0.25, -0.2) is 0 Å². The molecule has 0 aliphatic heterocycles. The van der Waals surface area contributed by atoms with Gasteiger partial charge >= 0.3 is 6.01 Å². The van der Waals surface area contributed by atoms with E-state index >= 15 is 0 Å². The highest BCUT2D eigenvalue weighted by atomic mass is 32.2. The van der Waals surface area contributed by atoms with Crippen LogP contribution in [0.2, 0.25) is 0 Å². The van der Waals surface area contributed by atoms with Gasteiger partial charge in [0.15, 0.2) is 0 Å². The third-order valence-corrected chi connectivity index (χ3v) is 4.64. The summed E-state index contributed by atoms with van der Waals surface area (Å²) in [6.07, 6.45) is 0. The summed E-state index contributed by atoms with van der Waals surface area (Å²) in [6, 6.07) is 16.2. The molecule has 1 heterocycles. The number of rotatable bonds is 6. The molecule has 3 aromatic rings. The van der Waals surface area contributed by atoms with Crippen molar-refractivity contribution in [2.24, 2.45) is 0 Å². The molecule has 0 spiro atoms. The van der Waals surface area contributed by atoms with E-state index in [1.165, 1.54) is 17.3 Å². The number of aromatic nitrogens is 2. The van der Waals surface area contributed by atoms with Crippen molar-refractivity contribution < 1.29 is 9.21 Å². The molecule has 0 atom stereocenters. The van der Waals surface area contributed by atoms with Gasteiger partial charge in [-0.2, -0.15) is 0 Å². The summed E-state index contributed by atoms with van der Waals surface area (Å²) in [5.41, 5.74) is 4.23. The predicted octanol–water partition coefficient (Wildman–Crippen LogP) is 4.23. The van der Waals surface area contributed by atoms with E-state index in [4.69, 9.17) is 4.42 Å². The summed E-state index contributed by atoms with van der Waals surface area (Å²) in [4.78, 5) is 12.0. The normalized spacial score (nSPS) is 10.6.